The summed E-state index contributed by atoms with van der Waals surface area (Å²) in [7, 11) is 0. The van der Waals surface area contributed by atoms with Crippen molar-refractivity contribution in [3.05, 3.63) is 29.8 Å². The quantitative estimate of drug-likeness (QED) is 0.810. The number of carbonyl (C=O) groups is 2. The molecule has 4 nitrogen and oxygen atoms in total. The van der Waals surface area contributed by atoms with Gasteiger partial charge in [-0.1, -0.05) is 6.92 Å². The summed E-state index contributed by atoms with van der Waals surface area (Å²) in [5, 5.41) is 4.43. The SMILES string of the molecule is CCC(C)NC(=O)C(=O)Nc1cc(F)ccc1F. The predicted octanol–water partition coefficient (Wildman–Crippen LogP) is 1.82. The van der Waals surface area contributed by atoms with Crippen LogP contribution in [0.15, 0.2) is 18.2 Å². The molecule has 1 rings (SSSR count). The average Bonchev–Trinajstić information content (AvgIpc) is 2.33. The van der Waals surface area contributed by atoms with Crippen LogP contribution in [0.1, 0.15) is 20.3 Å². The van der Waals surface area contributed by atoms with Gasteiger partial charge in [-0.2, -0.15) is 0 Å². The van der Waals surface area contributed by atoms with Gasteiger partial charge in [-0.3, -0.25) is 9.59 Å². The second kappa shape index (κ2) is 6.09. The predicted molar refractivity (Wildman–Crippen MR) is 62.9 cm³/mol. The Bertz CT molecular complexity index is 463. The van der Waals surface area contributed by atoms with Crippen LogP contribution in [0.4, 0.5) is 14.5 Å². The number of carbonyl (C=O) groups excluding carboxylic acids is 2. The molecule has 0 saturated carbocycles. The van der Waals surface area contributed by atoms with E-state index in [9.17, 15) is 18.4 Å². The third-order valence-corrected chi connectivity index (χ3v) is 2.37. The average molecular weight is 256 g/mol. The zero-order valence-corrected chi connectivity index (χ0v) is 10.1. The Kier molecular flexibility index (Phi) is 4.76. The Morgan fingerprint density at radius 2 is 1.94 bits per heavy atom. The zero-order valence-electron chi connectivity index (χ0n) is 10.1. The van der Waals surface area contributed by atoms with Gasteiger partial charge in [-0.05, 0) is 25.5 Å². The van der Waals surface area contributed by atoms with E-state index in [-0.39, 0.29) is 11.7 Å². The first-order valence-corrected chi connectivity index (χ1v) is 5.51. The van der Waals surface area contributed by atoms with Gasteiger partial charge in [0.1, 0.15) is 11.6 Å². The molecule has 0 bridgehead atoms. The van der Waals surface area contributed by atoms with E-state index in [0.717, 1.165) is 18.2 Å². The highest BCUT2D eigenvalue weighted by Gasteiger charge is 2.17. The molecule has 0 spiro atoms. The maximum absolute atomic E-state index is 13.2. The Labute approximate surface area is 103 Å². The molecule has 6 heteroatoms. The number of benzene rings is 1. The lowest BCUT2D eigenvalue weighted by atomic mass is 10.2. The van der Waals surface area contributed by atoms with Crippen LogP contribution in [0, 0.1) is 11.6 Å². The van der Waals surface area contributed by atoms with E-state index in [0.29, 0.717) is 6.42 Å². The Balaban J connectivity index is 2.69. The zero-order chi connectivity index (χ0) is 13.7. The number of hydrogen-bond donors (Lipinski definition) is 2. The summed E-state index contributed by atoms with van der Waals surface area (Å²) in [5.74, 6) is -3.41. The van der Waals surface area contributed by atoms with Crippen molar-refractivity contribution in [3.63, 3.8) is 0 Å². The highest BCUT2D eigenvalue weighted by atomic mass is 19.1. The first kappa shape index (κ1) is 14.1. The molecule has 0 aromatic heterocycles. The molecule has 2 amide bonds. The lowest BCUT2D eigenvalue weighted by Crippen LogP contribution is -2.40. The van der Waals surface area contributed by atoms with Crippen LogP contribution in [-0.4, -0.2) is 17.9 Å². The molecule has 0 aliphatic carbocycles. The Morgan fingerprint density at radius 1 is 1.28 bits per heavy atom. The lowest BCUT2D eigenvalue weighted by Gasteiger charge is -2.11. The normalized spacial score (nSPS) is 11.8. The van der Waals surface area contributed by atoms with Crippen molar-refractivity contribution < 1.29 is 18.4 Å². The molecular weight excluding hydrogens is 242 g/mol. The van der Waals surface area contributed by atoms with Crippen LogP contribution >= 0.6 is 0 Å². The second-order valence-corrected chi connectivity index (χ2v) is 3.86. The first-order chi connectivity index (χ1) is 8.43. The lowest BCUT2D eigenvalue weighted by molar-refractivity contribution is -0.136. The van der Waals surface area contributed by atoms with E-state index in [2.05, 4.69) is 5.32 Å². The third-order valence-electron chi connectivity index (χ3n) is 2.37. The Hall–Kier alpha value is -1.98. The molecule has 18 heavy (non-hydrogen) atoms. The van der Waals surface area contributed by atoms with E-state index < -0.39 is 23.4 Å². The van der Waals surface area contributed by atoms with Crippen LogP contribution in [0.25, 0.3) is 0 Å². The summed E-state index contributed by atoms with van der Waals surface area (Å²) in [5.41, 5.74) is -0.362. The van der Waals surface area contributed by atoms with E-state index >= 15 is 0 Å². The van der Waals surface area contributed by atoms with Crippen LogP contribution in [0.3, 0.4) is 0 Å². The van der Waals surface area contributed by atoms with Crippen molar-refractivity contribution in [2.45, 2.75) is 26.3 Å². The van der Waals surface area contributed by atoms with Crippen molar-refractivity contribution >= 4 is 17.5 Å². The minimum absolute atomic E-state index is 0.166. The van der Waals surface area contributed by atoms with Crippen molar-refractivity contribution in [1.82, 2.24) is 5.32 Å². The molecule has 1 unspecified atom stereocenters. The molecule has 1 aromatic carbocycles. The molecular formula is C12H14F2N2O2. The number of amides is 2. The van der Waals surface area contributed by atoms with Crippen LogP contribution in [0.2, 0.25) is 0 Å². The van der Waals surface area contributed by atoms with Crippen molar-refractivity contribution in [1.29, 1.82) is 0 Å². The standard InChI is InChI=1S/C12H14F2N2O2/c1-3-7(2)15-11(17)12(18)16-10-6-8(13)4-5-9(10)14/h4-7H,3H2,1-2H3,(H,15,17)(H,16,18). The van der Waals surface area contributed by atoms with Gasteiger partial charge in [0.2, 0.25) is 0 Å². The fourth-order valence-electron chi connectivity index (χ4n) is 1.16. The summed E-state index contributed by atoms with van der Waals surface area (Å²) < 4.78 is 26.1. The van der Waals surface area contributed by atoms with Crippen molar-refractivity contribution in [2.24, 2.45) is 0 Å². The van der Waals surface area contributed by atoms with Gasteiger partial charge >= 0.3 is 11.8 Å². The van der Waals surface area contributed by atoms with Gasteiger partial charge in [0.05, 0.1) is 5.69 Å². The largest absolute Gasteiger partial charge is 0.345 e. The maximum atomic E-state index is 13.2. The van der Waals surface area contributed by atoms with Gasteiger partial charge in [-0.15, -0.1) is 0 Å². The molecule has 0 saturated heterocycles. The second-order valence-electron chi connectivity index (χ2n) is 3.86. The van der Waals surface area contributed by atoms with E-state index in [4.69, 9.17) is 0 Å². The van der Waals surface area contributed by atoms with Crippen LogP contribution < -0.4 is 10.6 Å². The van der Waals surface area contributed by atoms with E-state index in [1.54, 1.807) is 6.92 Å². The number of halogens is 2. The van der Waals surface area contributed by atoms with Crippen LogP contribution in [-0.2, 0) is 9.59 Å². The molecule has 0 heterocycles. The highest BCUT2D eigenvalue weighted by Crippen LogP contribution is 2.14. The van der Waals surface area contributed by atoms with Crippen molar-refractivity contribution in [3.8, 4) is 0 Å². The summed E-state index contributed by atoms with van der Waals surface area (Å²) in [6.45, 7) is 3.57. The summed E-state index contributed by atoms with van der Waals surface area (Å²) >= 11 is 0. The van der Waals surface area contributed by atoms with Gasteiger partial charge in [0, 0.05) is 12.1 Å². The molecule has 1 atom stereocenters. The number of nitrogens with one attached hydrogen (secondary N) is 2. The topological polar surface area (TPSA) is 58.2 Å². The molecule has 0 fully saturated rings. The number of anilines is 1. The minimum Gasteiger partial charge on any atom is -0.345 e. The van der Waals surface area contributed by atoms with Gasteiger partial charge < -0.3 is 10.6 Å². The summed E-state index contributed by atoms with van der Waals surface area (Å²) in [6, 6.07) is 2.44. The van der Waals surface area contributed by atoms with Gasteiger partial charge in [-0.25, -0.2) is 8.78 Å². The Morgan fingerprint density at radius 3 is 2.56 bits per heavy atom. The van der Waals surface area contributed by atoms with E-state index in [1.807, 2.05) is 12.2 Å². The third kappa shape index (κ3) is 3.80. The molecule has 98 valence electrons. The van der Waals surface area contributed by atoms with Gasteiger partial charge in [0.15, 0.2) is 0 Å². The molecule has 0 radical (unpaired) electrons. The molecule has 0 aliphatic heterocycles. The molecule has 0 aliphatic rings. The maximum Gasteiger partial charge on any atom is 0.313 e. The number of hydrogen-bond acceptors (Lipinski definition) is 2. The molecule has 1 aromatic rings. The van der Waals surface area contributed by atoms with Crippen molar-refractivity contribution in [2.75, 3.05) is 5.32 Å². The fourth-order valence-corrected chi connectivity index (χ4v) is 1.16. The fraction of sp³-hybridized carbons (Fsp3) is 0.333. The molecule has 2 N–H and O–H groups in total. The summed E-state index contributed by atoms with van der Waals surface area (Å²) in [6.07, 6.45) is 0.660. The monoisotopic (exact) mass is 256 g/mol. The van der Waals surface area contributed by atoms with E-state index in [1.165, 1.54) is 0 Å². The number of rotatable bonds is 3. The summed E-state index contributed by atoms with van der Waals surface area (Å²) in [4.78, 5) is 22.8. The smallest absolute Gasteiger partial charge is 0.313 e. The first-order valence-electron chi connectivity index (χ1n) is 5.51. The van der Waals surface area contributed by atoms with Crippen LogP contribution in [0.5, 0.6) is 0 Å². The highest BCUT2D eigenvalue weighted by molar-refractivity contribution is 6.39. The minimum atomic E-state index is -1.03. The van der Waals surface area contributed by atoms with Gasteiger partial charge in [0.25, 0.3) is 0 Å².